The molecule has 0 aliphatic heterocycles. The van der Waals surface area contributed by atoms with E-state index >= 15 is 0 Å². The van der Waals surface area contributed by atoms with E-state index in [2.05, 4.69) is 19.9 Å². The molecule has 0 heterocycles. The second kappa shape index (κ2) is 11.5. The van der Waals surface area contributed by atoms with Gasteiger partial charge in [0.05, 0.1) is 0 Å². The average Bonchev–Trinajstić information content (AvgIpc) is 2.63. The molecule has 0 spiro atoms. The first kappa shape index (κ1) is 20.3. The Hall–Kier alpha value is -1.05. The lowest BCUT2D eigenvalue weighted by atomic mass is 9.70. The van der Waals surface area contributed by atoms with E-state index in [4.69, 9.17) is 4.74 Å². The van der Waals surface area contributed by atoms with E-state index in [0.29, 0.717) is 0 Å². The first-order valence-electron chi connectivity index (χ1n) is 10.8. The lowest BCUT2D eigenvalue weighted by Crippen LogP contribution is -2.29. The summed E-state index contributed by atoms with van der Waals surface area (Å²) in [4.78, 5) is 11.9. The van der Waals surface area contributed by atoms with Crippen LogP contribution in [0.3, 0.4) is 0 Å². The molecule has 2 aliphatic rings. The molecule has 2 fully saturated rings. The highest BCUT2D eigenvalue weighted by Gasteiger charge is 2.31. The van der Waals surface area contributed by atoms with Crippen LogP contribution >= 0.6 is 0 Å². The van der Waals surface area contributed by atoms with Gasteiger partial charge in [0.15, 0.2) is 0 Å². The number of ether oxygens (including phenoxy) is 1. The van der Waals surface area contributed by atoms with Crippen molar-refractivity contribution >= 4 is 5.97 Å². The largest absolute Gasteiger partial charge is 0.459 e. The quantitative estimate of drug-likeness (QED) is 0.281. The molecule has 0 aromatic rings. The predicted octanol–water partition coefficient (Wildman–Crippen LogP) is 6.61. The minimum Gasteiger partial charge on any atom is -0.459 e. The molecule has 2 heteroatoms. The van der Waals surface area contributed by atoms with Crippen LogP contribution in [0.4, 0.5) is 0 Å². The number of hydrogen-bond acceptors (Lipinski definition) is 2. The Labute approximate surface area is 155 Å². The van der Waals surface area contributed by atoms with Crippen molar-refractivity contribution in [3.8, 4) is 0 Å². The number of rotatable bonds is 8. The average molecular weight is 347 g/mol. The number of allylic oxidation sites excluding steroid dienone is 3. The van der Waals surface area contributed by atoms with Crippen molar-refractivity contribution in [1.82, 2.24) is 0 Å². The minimum absolute atomic E-state index is 0.143. The SMILES string of the molecule is CCC/C=C/C=C/C(=O)OC1CCC(C2CCC(CCC)CC2)CC1. The Morgan fingerprint density at radius 2 is 1.52 bits per heavy atom. The van der Waals surface area contributed by atoms with Crippen molar-refractivity contribution in [3.05, 3.63) is 24.3 Å². The minimum atomic E-state index is -0.176. The van der Waals surface area contributed by atoms with Crippen LogP contribution in [0.25, 0.3) is 0 Å². The van der Waals surface area contributed by atoms with E-state index < -0.39 is 0 Å². The summed E-state index contributed by atoms with van der Waals surface area (Å²) in [6, 6.07) is 0. The first-order chi connectivity index (χ1) is 12.2. The van der Waals surface area contributed by atoms with Crippen molar-refractivity contribution in [3.63, 3.8) is 0 Å². The Bertz CT molecular complexity index is 421. The third kappa shape index (κ3) is 7.38. The molecule has 0 aromatic heterocycles. The molecule has 0 radical (unpaired) electrons. The molecule has 142 valence electrons. The Balaban J connectivity index is 1.64. The summed E-state index contributed by atoms with van der Waals surface area (Å²) in [5.41, 5.74) is 0. The maximum Gasteiger partial charge on any atom is 0.331 e. The zero-order chi connectivity index (χ0) is 17.9. The number of esters is 1. The van der Waals surface area contributed by atoms with Gasteiger partial charge in [-0.3, -0.25) is 0 Å². The molecule has 2 nitrogen and oxygen atoms in total. The van der Waals surface area contributed by atoms with Crippen LogP contribution in [0.5, 0.6) is 0 Å². The van der Waals surface area contributed by atoms with Crippen molar-refractivity contribution in [2.24, 2.45) is 17.8 Å². The number of carbonyl (C=O) groups excluding carboxylic acids is 1. The summed E-state index contributed by atoms with van der Waals surface area (Å²) < 4.78 is 5.62. The number of carbonyl (C=O) groups is 1. The van der Waals surface area contributed by atoms with Gasteiger partial charge in [-0.05, 0) is 62.7 Å². The molecular formula is C23H38O2. The van der Waals surface area contributed by atoms with Gasteiger partial charge in [-0.15, -0.1) is 0 Å². The van der Waals surface area contributed by atoms with Crippen LogP contribution in [0, 0.1) is 17.8 Å². The topological polar surface area (TPSA) is 26.3 Å². The van der Waals surface area contributed by atoms with Gasteiger partial charge in [-0.1, -0.05) is 64.2 Å². The van der Waals surface area contributed by atoms with Crippen LogP contribution in [-0.4, -0.2) is 12.1 Å². The highest BCUT2D eigenvalue weighted by Crippen LogP contribution is 2.41. The molecule has 25 heavy (non-hydrogen) atoms. The normalized spacial score (nSPS) is 30.8. The molecular weight excluding hydrogens is 308 g/mol. The van der Waals surface area contributed by atoms with Gasteiger partial charge in [0.2, 0.25) is 0 Å². The second-order valence-corrected chi connectivity index (χ2v) is 8.12. The highest BCUT2D eigenvalue weighted by atomic mass is 16.5. The summed E-state index contributed by atoms with van der Waals surface area (Å²) in [5, 5.41) is 0. The monoisotopic (exact) mass is 346 g/mol. The standard InChI is InChI=1S/C23H38O2/c1-3-5-6-7-8-10-23(24)25-22-17-15-21(16-18-22)20-13-11-19(9-4-2)12-14-20/h6-8,10,19-22H,3-5,9,11-18H2,1-2H3/b7-6+,10-8+. The predicted molar refractivity (Wildman–Crippen MR) is 105 cm³/mol. The van der Waals surface area contributed by atoms with E-state index in [1.165, 1.54) is 51.4 Å². The smallest absolute Gasteiger partial charge is 0.331 e. The molecule has 2 aliphatic carbocycles. The maximum absolute atomic E-state index is 11.9. The van der Waals surface area contributed by atoms with E-state index in [1.54, 1.807) is 12.2 Å². The van der Waals surface area contributed by atoms with Crippen LogP contribution in [-0.2, 0) is 9.53 Å². The summed E-state index contributed by atoms with van der Waals surface area (Å²) in [5.74, 6) is 2.64. The molecule has 2 saturated carbocycles. The van der Waals surface area contributed by atoms with Gasteiger partial charge in [-0.25, -0.2) is 4.79 Å². The van der Waals surface area contributed by atoms with Crippen molar-refractivity contribution in [2.75, 3.05) is 0 Å². The maximum atomic E-state index is 11.9. The Kier molecular flexibility index (Phi) is 9.36. The van der Waals surface area contributed by atoms with E-state index in [9.17, 15) is 4.79 Å². The van der Waals surface area contributed by atoms with Gasteiger partial charge in [0, 0.05) is 6.08 Å². The molecule has 0 aromatic carbocycles. The van der Waals surface area contributed by atoms with Crippen LogP contribution in [0.15, 0.2) is 24.3 Å². The first-order valence-corrected chi connectivity index (χ1v) is 10.8. The van der Waals surface area contributed by atoms with Crippen LogP contribution in [0.2, 0.25) is 0 Å². The van der Waals surface area contributed by atoms with Crippen molar-refractivity contribution in [2.45, 2.75) is 97.0 Å². The van der Waals surface area contributed by atoms with E-state index in [1.807, 2.05) is 6.08 Å². The molecule has 0 N–H and O–H groups in total. The Morgan fingerprint density at radius 3 is 2.12 bits per heavy atom. The number of hydrogen-bond donors (Lipinski definition) is 0. The highest BCUT2D eigenvalue weighted by molar-refractivity contribution is 5.82. The van der Waals surface area contributed by atoms with Gasteiger partial charge >= 0.3 is 5.97 Å². The van der Waals surface area contributed by atoms with E-state index in [0.717, 1.165) is 43.4 Å². The summed E-state index contributed by atoms with van der Waals surface area (Å²) in [6.07, 6.45) is 22.9. The third-order valence-corrected chi connectivity index (χ3v) is 6.19. The summed E-state index contributed by atoms with van der Waals surface area (Å²) in [6.45, 7) is 4.46. The fourth-order valence-electron chi connectivity index (χ4n) is 4.71. The molecule has 0 amide bonds. The van der Waals surface area contributed by atoms with E-state index in [-0.39, 0.29) is 12.1 Å². The van der Waals surface area contributed by atoms with Gasteiger partial charge in [0.25, 0.3) is 0 Å². The van der Waals surface area contributed by atoms with Crippen molar-refractivity contribution in [1.29, 1.82) is 0 Å². The zero-order valence-corrected chi connectivity index (χ0v) is 16.4. The fraction of sp³-hybridized carbons (Fsp3) is 0.783. The molecule has 0 atom stereocenters. The lowest BCUT2D eigenvalue weighted by molar-refractivity contribution is -0.145. The third-order valence-electron chi connectivity index (χ3n) is 6.19. The molecule has 0 saturated heterocycles. The Morgan fingerprint density at radius 1 is 0.880 bits per heavy atom. The summed E-state index contributed by atoms with van der Waals surface area (Å²) >= 11 is 0. The second-order valence-electron chi connectivity index (χ2n) is 8.12. The van der Waals surface area contributed by atoms with Crippen molar-refractivity contribution < 1.29 is 9.53 Å². The van der Waals surface area contributed by atoms with Crippen LogP contribution in [0.1, 0.15) is 90.9 Å². The van der Waals surface area contributed by atoms with Gasteiger partial charge in [0.1, 0.15) is 6.10 Å². The number of unbranched alkanes of at least 4 members (excludes halogenated alkanes) is 1. The van der Waals surface area contributed by atoms with Crippen LogP contribution < -0.4 is 0 Å². The lowest BCUT2D eigenvalue weighted by Gasteiger charge is -2.37. The molecule has 0 unspecified atom stereocenters. The van der Waals surface area contributed by atoms with Gasteiger partial charge < -0.3 is 4.74 Å². The molecule has 0 bridgehead atoms. The zero-order valence-electron chi connectivity index (χ0n) is 16.4. The van der Waals surface area contributed by atoms with Gasteiger partial charge in [-0.2, -0.15) is 0 Å². The molecule has 2 rings (SSSR count). The fourth-order valence-corrected chi connectivity index (χ4v) is 4.71. The summed E-state index contributed by atoms with van der Waals surface area (Å²) in [7, 11) is 0.